The Morgan fingerprint density at radius 1 is 1.08 bits per heavy atom. The highest BCUT2D eigenvalue weighted by atomic mass is 16.1. The number of hydrogen-bond donors (Lipinski definition) is 1. The van der Waals surface area contributed by atoms with Crippen LogP contribution in [0, 0.1) is 6.92 Å². The lowest BCUT2D eigenvalue weighted by molar-refractivity contribution is -0.120. The highest BCUT2D eigenvalue weighted by Gasteiger charge is 2.11. The number of aromatic nitrogens is 1. The normalized spacial score (nSPS) is 15.2. The van der Waals surface area contributed by atoms with E-state index in [0.29, 0.717) is 6.42 Å². The quantitative estimate of drug-likeness (QED) is 0.786. The number of aryl methyl sites for hydroxylation is 1. The van der Waals surface area contributed by atoms with Gasteiger partial charge in [-0.25, -0.2) is 0 Å². The molecule has 0 bridgehead atoms. The lowest BCUT2D eigenvalue weighted by Crippen LogP contribution is -2.33. The van der Waals surface area contributed by atoms with Gasteiger partial charge in [0.1, 0.15) is 0 Å². The van der Waals surface area contributed by atoms with Gasteiger partial charge in [-0.05, 0) is 70.1 Å². The largest absolute Gasteiger partial charge is 0.356 e. The average molecular weight is 339 g/mol. The molecule has 1 aliphatic rings. The van der Waals surface area contributed by atoms with Crippen LogP contribution in [0.15, 0.2) is 42.6 Å². The minimum Gasteiger partial charge on any atom is -0.356 e. The molecule has 1 N–H and O–H groups in total. The van der Waals surface area contributed by atoms with Crippen molar-refractivity contribution in [3.8, 4) is 5.69 Å². The summed E-state index contributed by atoms with van der Waals surface area (Å²) >= 11 is 0. The van der Waals surface area contributed by atoms with E-state index in [-0.39, 0.29) is 5.91 Å². The van der Waals surface area contributed by atoms with E-state index in [2.05, 4.69) is 46.0 Å². The lowest BCUT2D eigenvalue weighted by Gasteiger charge is -2.26. The van der Waals surface area contributed by atoms with Crippen molar-refractivity contribution in [3.63, 3.8) is 0 Å². The Bertz CT molecular complexity index is 669. The van der Waals surface area contributed by atoms with Crippen molar-refractivity contribution in [1.82, 2.24) is 14.8 Å². The fourth-order valence-corrected chi connectivity index (χ4v) is 3.46. The number of hydrogen-bond acceptors (Lipinski definition) is 2. The maximum absolute atomic E-state index is 12.3. The van der Waals surface area contributed by atoms with Crippen LogP contribution in [0.5, 0.6) is 0 Å². The van der Waals surface area contributed by atoms with Crippen LogP contribution >= 0.6 is 0 Å². The summed E-state index contributed by atoms with van der Waals surface area (Å²) in [6, 6.07) is 12.4. The van der Waals surface area contributed by atoms with E-state index in [9.17, 15) is 4.79 Å². The number of benzene rings is 1. The molecular formula is C21H29N3O. The van der Waals surface area contributed by atoms with Gasteiger partial charge in [0, 0.05) is 24.1 Å². The first-order valence-corrected chi connectivity index (χ1v) is 9.45. The number of carbonyl (C=O) groups is 1. The fourth-order valence-electron chi connectivity index (χ4n) is 3.46. The number of rotatable bonds is 7. The van der Waals surface area contributed by atoms with Gasteiger partial charge < -0.3 is 14.8 Å². The molecule has 0 aliphatic carbocycles. The summed E-state index contributed by atoms with van der Waals surface area (Å²) in [5.41, 5.74) is 3.37. The molecule has 1 amide bonds. The van der Waals surface area contributed by atoms with Gasteiger partial charge in [0.2, 0.25) is 5.91 Å². The molecule has 1 aliphatic heterocycles. The molecule has 25 heavy (non-hydrogen) atoms. The van der Waals surface area contributed by atoms with Crippen molar-refractivity contribution in [2.75, 3.05) is 26.2 Å². The van der Waals surface area contributed by atoms with Crippen LogP contribution in [0.25, 0.3) is 5.69 Å². The van der Waals surface area contributed by atoms with Gasteiger partial charge in [-0.15, -0.1) is 0 Å². The van der Waals surface area contributed by atoms with Crippen molar-refractivity contribution in [2.45, 2.75) is 39.0 Å². The first kappa shape index (κ1) is 17.7. The number of piperidine rings is 1. The molecule has 0 atom stereocenters. The SMILES string of the molecule is Cc1ccc(-n2cccc2CC(=O)NCCCN2CCCCC2)cc1. The number of nitrogens with one attached hydrogen (secondary N) is 1. The van der Waals surface area contributed by atoms with Crippen molar-refractivity contribution in [2.24, 2.45) is 0 Å². The molecule has 0 saturated carbocycles. The summed E-state index contributed by atoms with van der Waals surface area (Å²) in [6.45, 7) is 6.38. The summed E-state index contributed by atoms with van der Waals surface area (Å²) in [7, 11) is 0. The second-order valence-electron chi connectivity index (χ2n) is 6.99. The molecule has 3 rings (SSSR count). The van der Waals surface area contributed by atoms with E-state index in [1.165, 1.54) is 37.9 Å². The first-order valence-electron chi connectivity index (χ1n) is 9.45. The van der Waals surface area contributed by atoms with Crippen molar-refractivity contribution >= 4 is 5.91 Å². The van der Waals surface area contributed by atoms with Crippen LogP contribution in [0.4, 0.5) is 0 Å². The van der Waals surface area contributed by atoms with Crippen LogP contribution in [-0.4, -0.2) is 41.6 Å². The van der Waals surface area contributed by atoms with Crippen molar-refractivity contribution in [3.05, 3.63) is 53.9 Å². The monoisotopic (exact) mass is 339 g/mol. The second kappa shape index (κ2) is 8.86. The second-order valence-corrected chi connectivity index (χ2v) is 6.99. The highest BCUT2D eigenvalue weighted by molar-refractivity contribution is 5.78. The lowest BCUT2D eigenvalue weighted by atomic mass is 10.1. The Morgan fingerprint density at radius 2 is 1.84 bits per heavy atom. The zero-order valence-electron chi connectivity index (χ0n) is 15.2. The fraction of sp³-hybridized carbons (Fsp3) is 0.476. The van der Waals surface area contributed by atoms with Crippen LogP contribution < -0.4 is 5.32 Å². The third-order valence-corrected chi connectivity index (χ3v) is 4.91. The van der Waals surface area contributed by atoms with E-state index in [0.717, 1.165) is 30.9 Å². The average Bonchev–Trinajstić information content (AvgIpc) is 3.08. The van der Waals surface area contributed by atoms with Gasteiger partial charge in [-0.3, -0.25) is 4.79 Å². The molecule has 2 aromatic rings. The molecule has 1 aromatic carbocycles. The summed E-state index contributed by atoms with van der Waals surface area (Å²) in [4.78, 5) is 14.8. The molecule has 1 saturated heterocycles. The molecule has 2 heterocycles. The van der Waals surface area contributed by atoms with Gasteiger partial charge in [0.05, 0.1) is 6.42 Å². The van der Waals surface area contributed by atoms with Gasteiger partial charge in [0.25, 0.3) is 0 Å². The molecular weight excluding hydrogens is 310 g/mol. The summed E-state index contributed by atoms with van der Waals surface area (Å²) in [5, 5.41) is 3.07. The molecule has 1 fully saturated rings. The zero-order chi connectivity index (χ0) is 17.5. The Kier molecular flexibility index (Phi) is 6.29. The van der Waals surface area contributed by atoms with E-state index >= 15 is 0 Å². The van der Waals surface area contributed by atoms with Crippen LogP contribution in [0.2, 0.25) is 0 Å². The Hall–Kier alpha value is -2.07. The van der Waals surface area contributed by atoms with Gasteiger partial charge in [0.15, 0.2) is 0 Å². The minimum atomic E-state index is 0.103. The maximum Gasteiger partial charge on any atom is 0.225 e. The summed E-state index contributed by atoms with van der Waals surface area (Å²) in [6.07, 6.45) is 7.48. The third-order valence-electron chi connectivity index (χ3n) is 4.91. The van der Waals surface area contributed by atoms with E-state index in [1.54, 1.807) is 0 Å². The molecule has 4 heteroatoms. The molecule has 0 radical (unpaired) electrons. The first-order chi connectivity index (χ1) is 12.2. The summed E-state index contributed by atoms with van der Waals surface area (Å²) < 4.78 is 2.09. The number of nitrogens with zero attached hydrogens (tertiary/aromatic N) is 2. The van der Waals surface area contributed by atoms with Crippen molar-refractivity contribution < 1.29 is 4.79 Å². The standard InChI is InChI=1S/C21H29N3O/c1-18-8-10-19(11-9-18)24-16-5-7-20(24)17-21(25)22-12-6-15-23-13-3-2-4-14-23/h5,7-11,16H,2-4,6,12-15,17H2,1H3,(H,22,25). The predicted octanol–water partition coefficient (Wildman–Crippen LogP) is 3.32. The Morgan fingerprint density at radius 3 is 2.60 bits per heavy atom. The molecule has 0 unspecified atom stereocenters. The van der Waals surface area contributed by atoms with Gasteiger partial charge >= 0.3 is 0 Å². The third kappa shape index (κ3) is 5.20. The Balaban J connectivity index is 1.45. The maximum atomic E-state index is 12.3. The highest BCUT2D eigenvalue weighted by Crippen LogP contribution is 2.14. The van der Waals surface area contributed by atoms with Gasteiger partial charge in [-0.2, -0.15) is 0 Å². The molecule has 4 nitrogen and oxygen atoms in total. The zero-order valence-corrected chi connectivity index (χ0v) is 15.2. The smallest absolute Gasteiger partial charge is 0.225 e. The van der Waals surface area contributed by atoms with Crippen molar-refractivity contribution in [1.29, 1.82) is 0 Å². The molecule has 0 spiro atoms. The van der Waals surface area contributed by atoms with Crippen LogP contribution in [-0.2, 0) is 11.2 Å². The van der Waals surface area contributed by atoms with E-state index in [4.69, 9.17) is 0 Å². The van der Waals surface area contributed by atoms with Crippen LogP contribution in [0.1, 0.15) is 36.9 Å². The molecule has 1 aromatic heterocycles. The Labute approximate surface area is 150 Å². The van der Waals surface area contributed by atoms with Crippen LogP contribution in [0.3, 0.4) is 0 Å². The topological polar surface area (TPSA) is 37.3 Å². The minimum absolute atomic E-state index is 0.103. The molecule has 134 valence electrons. The number of likely N-dealkylation sites (tertiary alicyclic amines) is 1. The van der Waals surface area contributed by atoms with E-state index in [1.807, 2.05) is 18.3 Å². The number of carbonyl (C=O) groups excluding carboxylic acids is 1. The predicted molar refractivity (Wildman–Crippen MR) is 102 cm³/mol. The van der Waals surface area contributed by atoms with Gasteiger partial charge in [-0.1, -0.05) is 24.1 Å². The van der Waals surface area contributed by atoms with E-state index < -0.39 is 0 Å². The summed E-state index contributed by atoms with van der Waals surface area (Å²) in [5.74, 6) is 0.103. The number of amides is 1.